The van der Waals surface area contributed by atoms with Gasteiger partial charge in [0, 0.05) is 107 Å². The Hall–Kier alpha value is -0.885. The normalized spacial score (nSPS) is 13.8. The van der Waals surface area contributed by atoms with Crippen LogP contribution in [0.25, 0.3) is 0 Å². The molecule has 0 spiro atoms. The maximum atomic E-state index is 12.9. The number of hydrogen-bond acceptors (Lipinski definition) is 10. The molecule has 28 heteroatoms. The molecule has 6 rings (SSSR count). The first-order valence-corrected chi connectivity index (χ1v) is 42.1. The van der Waals surface area contributed by atoms with Crippen molar-refractivity contribution in [3.63, 3.8) is 0 Å². The van der Waals surface area contributed by atoms with E-state index < -0.39 is 30.4 Å². The van der Waals surface area contributed by atoms with Crippen LogP contribution >= 0.6 is 30.4 Å². The summed E-state index contributed by atoms with van der Waals surface area (Å²) >= 11 is 0. The van der Waals surface area contributed by atoms with Crippen LogP contribution in [-0.2, 0) is 62.2 Å². The number of rotatable bonds is 16. The Morgan fingerprint density at radius 1 is 0.274 bits per heavy atom. The third-order valence-electron chi connectivity index (χ3n) is 17.1. The smallest absolute Gasteiger partial charge is 0.285 e. The van der Waals surface area contributed by atoms with E-state index in [9.17, 15) is 38.7 Å². The minimum Gasteiger partial charge on any atom is -0.872 e. The molecule has 0 unspecified atom stereocenters. The Morgan fingerprint density at radius 3 is 0.472 bits per heavy atom. The molecule has 0 saturated carbocycles. The fourth-order valence-electron chi connectivity index (χ4n) is 11.9. The molecule has 2 saturated heterocycles. The quantitative estimate of drug-likeness (QED) is 0.0952. The van der Waals surface area contributed by atoms with Gasteiger partial charge in [-0.3, -0.25) is 18.3 Å². The van der Waals surface area contributed by atoms with Gasteiger partial charge in [-0.15, -0.1) is 23.0 Å². The molecule has 0 aliphatic carbocycles. The van der Waals surface area contributed by atoms with Gasteiger partial charge >= 0.3 is 0 Å². The molecular formula is C78H148N12O10P4Sm2-4. The van der Waals surface area contributed by atoms with Crippen LogP contribution in [0.4, 0.5) is 0 Å². The molecule has 616 valence electrons. The molecule has 22 nitrogen and oxygen atoms in total. The monoisotopic (exact) mass is 1840 g/mol. The molecule has 4 aromatic rings. The Bertz CT molecular complexity index is 2880. The van der Waals surface area contributed by atoms with Gasteiger partial charge in [0.2, 0.25) is 0 Å². The van der Waals surface area contributed by atoms with E-state index in [4.69, 9.17) is 9.47 Å². The molecular weight excluding hydrogens is 1690 g/mol. The molecule has 4 aromatic carbocycles. The molecule has 0 atom stereocenters. The van der Waals surface area contributed by atoms with Gasteiger partial charge < -0.3 is 29.9 Å². The summed E-state index contributed by atoms with van der Waals surface area (Å²) in [6, 6.07) is 15.6. The Kier molecular flexibility index (Phi) is 51.0. The standard InChI is InChI=1S/2C23H32O2.4C6H18N3OP.2C4H8O.2Sm/c2*1-14-9-16(20(24)18(11-14)22(3,4)5)13-17-10-15(2)12-19(21(17)25)23(6,7)8;4*1-7(2)11(10,8(3)4)9(5)6;2*1-2-4-5-3-1;;/h2*9-12,24-25H,13H2,1-8H3;4*1-6H3;2*1-4H2;;/p-4. The SMILES string of the molecule is C1CCOC1.C1CCOC1.CN(C)P(=O)(N(C)C)N(C)C.CN(C)P(=O)(N(C)C)N(C)C.CN(C)P(=O)(N(C)C)N(C)C.CN(C)P(=O)(N(C)C)N(C)C.Cc1cc(Cc2cc(C)cc(C(C)(C)C)c2[O-])c([O-])c(C(C)(C)C)c1.Cc1cc(Cc2cc(C)cc(C(C)(C)C)c2[O-])c([O-])c(C(C)(C)C)c1.[Sm].[Sm]. The van der Waals surface area contributed by atoms with Gasteiger partial charge in [0.15, 0.2) is 0 Å². The van der Waals surface area contributed by atoms with Crippen molar-refractivity contribution in [2.24, 2.45) is 0 Å². The summed E-state index contributed by atoms with van der Waals surface area (Å²) in [5, 5.41) is 51.8. The van der Waals surface area contributed by atoms with Crippen molar-refractivity contribution >= 4 is 30.4 Å². The van der Waals surface area contributed by atoms with Crippen molar-refractivity contribution in [2.75, 3.05) is 196 Å². The first-order valence-electron chi connectivity index (χ1n) is 35.9. The van der Waals surface area contributed by atoms with E-state index in [1.54, 1.807) is 56.0 Å². The number of ether oxygens (including phenoxy) is 2. The summed E-state index contributed by atoms with van der Waals surface area (Å²) in [5.41, 5.74) is 9.57. The second-order valence-corrected chi connectivity index (χ2v) is 47.1. The summed E-state index contributed by atoms with van der Waals surface area (Å²) < 4.78 is 79.2. The largest absolute Gasteiger partial charge is 0.872 e. The van der Waals surface area contributed by atoms with Crippen LogP contribution in [-0.4, -0.2) is 252 Å². The maximum Gasteiger partial charge on any atom is 0.285 e. The van der Waals surface area contributed by atoms with Crippen LogP contribution in [0.2, 0.25) is 0 Å². The van der Waals surface area contributed by atoms with Crippen molar-refractivity contribution in [2.45, 2.75) is 171 Å². The zero-order chi connectivity index (χ0) is 82.3. The molecule has 0 bridgehead atoms. The third kappa shape index (κ3) is 34.3. The number of hydrogen-bond donors (Lipinski definition) is 0. The van der Waals surface area contributed by atoms with Crippen LogP contribution in [0.15, 0.2) is 48.5 Å². The topological polar surface area (TPSA) is 218 Å². The van der Waals surface area contributed by atoms with E-state index in [1.165, 1.54) is 25.7 Å². The molecule has 2 fully saturated rings. The fourth-order valence-corrected chi connectivity index (χ4v) is 20.5. The molecule has 0 aromatic heterocycles. The van der Waals surface area contributed by atoms with Crippen molar-refractivity contribution in [1.29, 1.82) is 0 Å². The molecule has 2 aliphatic heterocycles. The van der Waals surface area contributed by atoms with Crippen LogP contribution in [0.3, 0.4) is 0 Å². The summed E-state index contributed by atoms with van der Waals surface area (Å²) in [5.74, 6) is 0.264. The molecule has 0 amide bonds. The minimum atomic E-state index is -2.44. The molecule has 2 heterocycles. The number of benzene rings is 4. The van der Waals surface area contributed by atoms with Crippen molar-refractivity contribution in [3.8, 4) is 23.0 Å². The van der Waals surface area contributed by atoms with Gasteiger partial charge in [-0.1, -0.05) is 176 Å². The van der Waals surface area contributed by atoms with E-state index in [2.05, 4.69) is 83.1 Å². The van der Waals surface area contributed by atoms with Crippen molar-refractivity contribution < 1.29 is 129 Å². The van der Waals surface area contributed by atoms with Gasteiger partial charge in [0.1, 0.15) is 0 Å². The van der Waals surface area contributed by atoms with E-state index in [-0.39, 0.29) is 125 Å². The zero-order valence-corrected chi connectivity index (χ0v) is 82.6. The molecule has 2 aliphatic rings. The Balaban J connectivity index is -0.000000593. The Morgan fingerprint density at radius 2 is 0.396 bits per heavy atom. The maximum absolute atomic E-state index is 12.9. The van der Waals surface area contributed by atoms with Gasteiger partial charge in [-0.05, 0) is 279 Å². The van der Waals surface area contributed by atoms with Gasteiger partial charge in [0.25, 0.3) is 30.4 Å². The van der Waals surface area contributed by atoms with E-state index in [0.29, 0.717) is 35.1 Å². The average Bonchev–Trinajstić information content (AvgIpc) is 0.816. The second-order valence-electron chi connectivity index (χ2n) is 33.4. The summed E-state index contributed by atoms with van der Waals surface area (Å²) in [6.45, 7) is 36.7. The van der Waals surface area contributed by atoms with Crippen LogP contribution < -0.4 is 20.4 Å². The van der Waals surface area contributed by atoms with Gasteiger partial charge in [-0.2, -0.15) is 0 Å². The first-order chi connectivity index (χ1) is 46.9. The molecule has 0 N–H and O–H groups in total. The molecule has 0 radical (unpaired) electrons. The van der Waals surface area contributed by atoms with E-state index in [0.717, 1.165) is 70.9 Å². The summed E-state index contributed by atoms with van der Waals surface area (Å²) in [6.07, 6.45) is 5.90. The number of aryl methyl sites for hydroxylation is 4. The predicted octanol–water partition coefficient (Wildman–Crippen LogP) is 14.0. The van der Waals surface area contributed by atoms with Crippen LogP contribution in [0, 0.1) is 108 Å². The van der Waals surface area contributed by atoms with Crippen LogP contribution in [0.1, 0.15) is 176 Å². The summed E-state index contributed by atoms with van der Waals surface area (Å²) in [7, 11) is 33.9. The fraction of sp³-hybridized carbons (Fsp3) is 0.692. The van der Waals surface area contributed by atoms with E-state index >= 15 is 0 Å². The predicted molar refractivity (Wildman–Crippen MR) is 438 cm³/mol. The van der Waals surface area contributed by atoms with Crippen LogP contribution in [0.5, 0.6) is 23.0 Å². The molecule has 106 heavy (non-hydrogen) atoms. The first kappa shape index (κ1) is 111. The van der Waals surface area contributed by atoms with Crippen molar-refractivity contribution in [1.82, 2.24) is 56.0 Å². The Labute approximate surface area is 713 Å². The third-order valence-corrected chi connectivity index (χ3v) is 29.6. The van der Waals surface area contributed by atoms with Gasteiger partial charge in [0.05, 0.1) is 0 Å². The van der Waals surface area contributed by atoms with E-state index in [1.807, 2.05) is 245 Å². The number of nitrogens with zero attached hydrogens (tertiary/aromatic N) is 12. The zero-order valence-electron chi connectivity index (χ0n) is 73.7. The average molecular weight is 1840 g/mol. The van der Waals surface area contributed by atoms with Crippen molar-refractivity contribution in [3.05, 3.63) is 115 Å². The van der Waals surface area contributed by atoms with Gasteiger partial charge in [-0.25, -0.2) is 56.0 Å². The summed E-state index contributed by atoms with van der Waals surface area (Å²) in [4.78, 5) is 0. The minimum absolute atomic E-state index is 0. The second kappa shape index (κ2) is 48.5.